The normalized spacial score (nSPS) is 16.4. The SMILES string of the molecule is O=C(O)C=Cc1ccc(NC(=O)C(c2ccc(CN3N=C(c4ccccc4)OCC3=O)cc2)C2CCCC2)cc1. The molecule has 2 aliphatic rings. The molecule has 1 aliphatic carbocycles. The predicted molar refractivity (Wildman–Crippen MR) is 152 cm³/mol. The summed E-state index contributed by atoms with van der Waals surface area (Å²) in [4.78, 5) is 36.8. The summed E-state index contributed by atoms with van der Waals surface area (Å²) >= 11 is 0. The number of nitrogens with one attached hydrogen (secondary N) is 1. The van der Waals surface area contributed by atoms with Crippen LogP contribution in [0.3, 0.4) is 0 Å². The maximum Gasteiger partial charge on any atom is 0.328 e. The van der Waals surface area contributed by atoms with Crippen LogP contribution in [0.2, 0.25) is 0 Å². The molecule has 2 amide bonds. The molecule has 0 aromatic heterocycles. The molecule has 1 saturated carbocycles. The summed E-state index contributed by atoms with van der Waals surface area (Å²) in [6.45, 7) is 0.244. The number of amides is 2. The van der Waals surface area contributed by atoms with E-state index in [1.807, 2.05) is 54.6 Å². The van der Waals surface area contributed by atoms with Gasteiger partial charge < -0.3 is 15.2 Å². The molecular formula is C32H31N3O5. The summed E-state index contributed by atoms with van der Waals surface area (Å²) < 4.78 is 5.54. The molecule has 3 aromatic carbocycles. The number of rotatable bonds is 9. The summed E-state index contributed by atoms with van der Waals surface area (Å²) in [5.41, 5.74) is 4.06. The number of hydrogen-bond acceptors (Lipinski definition) is 5. The molecule has 1 heterocycles. The van der Waals surface area contributed by atoms with E-state index in [2.05, 4.69) is 10.4 Å². The number of nitrogens with zero attached hydrogens (tertiary/aromatic N) is 2. The molecule has 40 heavy (non-hydrogen) atoms. The fourth-order valence-corrected chi connectivity index (χ4v) is 5.24. The van der Waals surface area contributed by atoms with Crippen molar-refractivity contribution in [2.24, 2.45) is 11.0 Å². The highest BCUT2D eigenvalue weighted by molar-refractivity contribution is 5.98. The Labute approximate surface area is 233 Å². The van der Waals surface area contributed by atoms with Gasteiger partial charge in [-0.3, -0.25) is 9.59 Å². The second-order valence-electron chi connectivity index (χ2n) is 10.1. The summed E-state index contributed by atoms with van der Waals surface area (Å²) in [5, 5.41) is 17.7. The van der Waals surface area contributed by atoms with Crippen LogP contribution >= 0.6 is 0 Å². The molecule has 1 aliphatic heterocycles. The van der Waals surface area contributed by atoms with Gasteiger partial charge >= 0.3 is 5.97 Å². The topological polar surface area (TPSA) is 108 Å². The number of carboxylic acids is 1. The third-order valence-corrected chi connectivity index (χ3v) is 7.27. The van der Waals surface area contributed by atoms with Gasteiger partial charge in [0.05, 0.1) is 12.5 Å². The lowest BCUT2D eigenvalue weighted by molar-refractivity contribution is -0.136. The van der Waals surface area contributed by atoms with Gasteiger partial charge in [0.25, 0.3) is 5.91 Å². The van der Waals surface area contributed by atoms with E-state index in [9.17, 15) is 14.4 Å². The van der Waals surface area contributed by atoms with Crippen molar-refractivity contribution in [3.05, 3.63) is 107 Å². The van der Waals surface area contributed by atoms with Gasteiger partial charge in [0.1, 0.15) is 0 Å². The van der Waals surface area contributed by atoms with E-state index in [0.717, 1.165) is 54.0 Å². The lowest BCUT2D eigenvalue weighted by atomic mass is 9.83. The van der Waals surface area contributed by atoms with Crippen molar-refractivity contribution in [1.29, 1.82) is 0 Å². The van der Waals surface area contributed by atoms with E-state index in [4.69, 9.17) is 9.84 Å². The number of hydrogen-bond donors (Lipinski definition) is 2. The van der Waals surface area contributed by atoms with Gasteiger partial charge in [0, 0.05) is 17.3 Å². The minimum atomic E-state index is -1.01. The minimum absolute atomic E-state index is 0.0612. The van der Waals surface area contributed by atoms with Crippen LogP contribution in [0.15, 0.2) is 90.0 Å². The molecule has 3 aromatic rings. The van der Waals surface area contributed by atoms with E-state index in [0.29, 0.717) is 18.1 Å². The Morgan fingerprint density at radius 1 is 1.00 bits per heavy atom. The highest BCUT2D eigenvalue weighted by atomic mass is 16.5. The number of carboxylic acid groups (broad SMARTS) is 1. The third-order valence-electron chi connectivity index (χ3n) is 7.27. The molecule has 8 heteroatoms. The molecule has 8 nitrogen and oxygen atoms in total. The number of hydrazone groups is 1. The van der Waals surface area contributed by atoms with Crippen LogP contribution in [0, 0.1) is 5.92 Å². The van der Waals surface area contributed by atoms with Crippen molar-refractivity contribution in [3.63, 3.8) is 0 Å². The first-order chi connectivity index (χ1) is 19.5. The molecule has 1 unspecified atom stereocenters. The maximum absolute atomic E-state index is 13.5. The standard InChI is InChI=1S/C32H31N3O5/c36-28-21-40-32(26-8-2-1-3-9-26)34-35(28)20-23-10-15-25(16-11-23)30(24-6-4-5-7-24)31(39)33-27-17-12-22(13-18-27)14-19-29(37)38/h1-3,8-19,24,30H,4-7,20-21H2,(H,33,39)(H,37,38). The van der Waals surface area contributed by atoms with Gasteiger partial charge in [-0.1, -0.05) is 67.4 Å². The first-order valence-electron chi connectivity index (χ1n) is 13.4. The van der Waals surface area contributed by atoms with E-state index < -0.39 is 5.97 Å². The molecule has 2 N–H and O–H groups in total. The summed E-state index contributed by atoms with van der Waals surface area (Å²) in [6, 6.07) is 24.4. The molecule has 204 valence electrons. The smallest absolute Gasteiger partial charge is 0.328 e. The van der Waals surface area contributed by atoms with Gasteiger partial charge in [-0.25, -0.2) is 9.80 Å². The van der Waals surface area contributed by atoms with Gasteiger partial charge in [0.15, 0.2) is 6.61 Å². The number of carbonyl (C=O) groups is 3. The van der Waals surface area contributed by atoms with E-state index in [1.165, 1.54) is 11.1 Å². The van der Waals surface area contributed by atoms with Crippen molar-refractivity contribution >= 4 is 35.4 Å². The van der Waals surface area contributed by atoms with E-state index >= 15 is 0 Å². The van der Waals surface area contributed by atoms with Crippen LogP contribution in [0.25, 0.3) is 6.08 Å². The molecule has 0 saturated heterocycles. The van der Waals surface area contributed by atoms with Gasteiger partial charge in [-0.05, 0) is 65.8 Å². The Bertz CT molecular complexity index is 1410. The molecule has 5 rings (SSSR count). The Balaban J connectivity index is 1.30. The number of aliphatic carboxylic acids is 1. The lowest BCUT2D eigenvalue weighted by Gasteiger charge is -2.25. The Kier molecular flexibility index (Phi) is 8.35. The van der Waals surface area contributed by atoms with Crippen LogP contribution in [-0.2, 0) is 25.7 Å². The average Bonchev–Trinajstić information content (AvgIpc) is 3.50. The minimum Gasteiger partial charge on any atom is -0.478 e. The molecule has 1 fully saturated rings. The summed E-state index contributed by atoms with van der Waals surface area (Å²) in [6.07, 6.45) is 6.80. The molecule has 0 bridgehead atoms. The lowest BCUT2D eigenvalue weighted by Crippen LogP contribution is -2.36. The maximum atomic E-state index is 13.5. The molecule has 0 radical (unpaired) electrons. The monoisotopic (exact) mass is 537 g/mol. The quantitative estimate of drug-likeness (QED) is 0.355. The van der Waals surface area contributed by atoms with Crippen molar-refractivity contribution < 1.29 is 24.2 Å². The third kappa shape index (κ3) is 6.64. The largest absolute Gasteiger partial charge is 0.478 e. The first-order valence-corrected chi connectivity index (χ1v) is 13.4. The highest BCUT2D eigenvalue weighted by Gasteiger charge is 2.32. The predicted octanol–water partition coefficient (Wildman–Crippen LogP) is 5.42. The zero-order chi connectivity index (χ0) is 27.9. The van der Waals surface area contributed by atoms with Crippen molar-refractivity contribution in [2.75, 3.05) is 11.9 Å². The number of carbonyl (C=O) groups excluding carboxylic acids is 2. The highest BCUT2D eigenvalue weighted by Crippen LogP contribution is 2.38. The van der Waals surface area contributed by atoms with Crippen LogP contribution < -0.4 is 5.32 Å². The second kappa shape index (κ2) is 12.4. The van der Waals surface area contributed by atoms with Crippen LogP contribution in [-0.4, -0.2) is 40.4 Å². The zero-order valence-corrected chi connectivity index (χ0v) is 22.0. The average molecular weight is 538 g/mol. The molecule has 1 atom stereocenters. The van der Waals surface area contributed by atoms with Crippen LogP contribution in [0.5, 0.6) is 0 Å². The van der Waals surface area contributed by atoms with Crippen molar-refractivity contribution in [1.82, 2.24) is 5.01 Å². The zero-order valence-electron chi connectivity index (χ0n) is 22.0. The first kappa shape index (κ1) is 26.9. The van der Waals surface area contributed by atoms with E-state index in [1.54, 1.807) is 24.3 Å². The Morgan fingerprint density at radius 2 is 1.70 bits per heavy atom. The Hall–Kier alpha value is -4.72. The van der Waals surface area contributed by atoms with Gasteiger partial charge in [-0.2, -0.15) is 0 Å². The Morgan fingerprint density at radius 3 is 2.38 bits per heavy atom. The van der Waals surface area contributed by atoms with Gasteiger partial charge in [0.2, 0.25) is 11.8 Å². The summed E-state index contributed by atoms with van der Waals surface area (Å²) in [7, 11) is 0. The van der Waals surface area contributed by atoms with E-state index in [-0.39, 0.29) is 30.3 Å². The van der Waals surface area contributed by atoms with Crippen LogP contribution in [0.4, 0.5) is 5.69 Å². The van der Waals surface area contributed by atoms with Crippen LogP contribution in [0.1, 0.15) is 53.9 Å². The van der Waals surface area contributed by atoms with Crippen molar-refractivity contribution in [3.8, 4) is 0 Å². The molecule has 0 spiro atoms. The number of benzene rings is 3. The second-order valence-corrected chi connectivity index (χ2v) is 10.1. The summed E-state index contributed by atoms with van der Waals surface area (Å²) in [5.74, 6) is -0.909. The number of ether oxygens (including phenoxy) is 1. The fraction of sp³-hybridized carbons (Fsp3) is 0.250. The number of anilines is 1. The fourth-order valence-electron chi connectivity index (χ4n) is 5.24. The molecular weight excluding hydrogens is 506 g/mol. The van der Waals surface area contributed by atoms with Crippen molar-refractivity contribution in [2.45, 2.75) is 38.1 Å². The van der Waals surface area contributed by atoms with Gasteiger partial charge in [-0.15, -0.1) is 5.10 Å².